The van der Waals surface area contributed by atoms with Crippen LogP contribution in [0.3, 0.4) is 0 Å². The Morgan fingerprint density at radius 2 is 2.29 bits per heavy atom. The summed E-state index contributed by atoms with van der Waals surface area (Å²) in [5.41, 5.74) is 0.218. The molecule has 4 unspecified atom stereocenters. The molecule has 2 aliphatic carbocycles. The molecule has 17 heavy (non-hydrogen) atoms. The maximum Gasteiger partial charge on any atom is 0.147 e. The summed E-state index contributed by atoms with van der Waals surface area (Å²) < 4.78 is 13.5. The summed E-state index contributed by atoms with van der Waals surface area (Å²) in [4.78, 5) is 3.96. The standard InChI is InChI=1S/C14H18FNO/c15-12-2-1-5-16-14(12)13(17)8-11-7-9-3-4-10(11)6-9/h1-2,5,9-11,13,17H,3-4,6-8H2. The summed E-state index contributed by atoms with van der Waals surface area (Å²) >= 11 is 0. The van der Waals surface area contributed by atoms with Crippen molar-refractivity contribution in [2.45, 2.75) is 38.2 Å². The first-order valence-electron chi connectivity index (χ1n) is 6.52. The van der Waals surface area contributed by atoms with E-state index in [0.717, 1.165) is 11.8 Å². The molecule has 2 fully saturated rings. The number of hydrogen-bond donors (Lipinski definition) is 1. The lowest BCUT2D eigenvalue weighted by molar-refractivity contribution is 0.118. The van der Waals surface area contributed by atoms with Crippen molar-refractivity contribution >= 4 is 0 Å². The van der Waals surface area contributed by atoms with Gasteiger partial charge in [0.25, 0.3) is 0 Å². The van der Waals surface area contributed by atoms with Crippen molar-refractivity contribution in [2.24, 2.45) is 17.8 Å². The number of nitrogens with zero attached hydrogens (tertiary/aromatic N) is 1. The van der Waals surface area contributed by atoms with Gasteiger partial charge in [-0.05, 0) is 55.6 Å². The molecule has 1 aromatic heterocycles. The van der Waals surface area contributed by atoms with Crippen LogP contribution in [0.25, 0.3) is 0 Å². The van der Waals surface area contributed by atoms with E-state index >= 15 is 0 Å². The molecular weight excluding hydrogens is 217 g/mol. The lowest BCUT2D eigenvalue weighted by atomic mass is 9.84. The zero-order valence-corrected chi connectivity index (χ0v) is 9.85. The van der Waals surface area contributed by atoms with Gasteiger partial charge in [-0.15, -0.1) is 0 Å². The van der Waals surface area contributed by atoms with Crippen LogP contribution in [-0.2, 0) is 0 Å². The van der Waals surface area contributed by atoms with Crippen LogP contribution in [0.5, 0.6) is 0 Å². The topological polar surface area (TPSA) is 33.1 Å². The van der Waals surface area contributed by atoms with E-state index in [9.17, 15) is 9.50 Å². The van der Waals surface area contributed by atoms with Crippen molar-refractivity contribution in [1.82, 2.24) is 4.98 Å². The zero-order chi connectivity index (χ0) is 11.8. The molecule has 2 saturated carbocycles. The number of aliphatic hydroxyl groups excluding tert-OH is 1. The Hall–Kier alpha value is -0.960. The fourth-order valence-electron chi connectivity index (χ4n) is 3.71. The van der Waals surface area contributed by atoms with Gasteiger partial charge in [-0.2, -0.15) is 0 Å². The van der Waals surface area contributed by atoms with Crippen molar-refractivity contribution < 1.29 is 9.50 Å². The van der Waals surface area contributed by atoms with E-state index in [0.29, 0.717) is 12.3 Å². The van der Waals surface area contributed by atoms with E-state index in [2.05, 4.69) is 4.98 Å². The van der Waals surface area contributed by atoms with Crippen LogP contribution < -0.4 is 0 Å². The van der Waals surface area contributed by atoms with Crippen LogP contribution in [0.1, 0.15) is 43.9 Å². The van der Waals surface area contributed by atoms with Gasteiger partial charge in [0.2, 0.25) is 0 Å². The fourth-order valence-corrected chi connectivity index (χ4v) is 3.71. The molecule has 3 rings (SSSR count). The third-order valence-electron chi connectivity index (χ3n) is 4.51. The Balaban J connectivity index is 1.68. The maximum absolute atomic E-state index is 13.5. The van der Waals surface area contributed by atoms with Crippen molar-refractivity contribution in [1.29, 1.82) is 0 Å². The highest BCUT2D eigenvalue weighted by molar-refractivity contribution is 5.10. The Morgan fingerprint density at radius 1 is 1.41 bits per heavy atom. The first kappa shape index (κ1) is 11.1. The van der Waals surface area contributed by atoms with E-state index in [1.54, 1.807) is 12.3 Å². The van der Waals surface area contributed by atoms with Gasteiger partial charge in [0.1, 0.15) is 11.5 Å². The molecule has 4 atom stereocenters. The number of aromatic nitrogens is 1. The molecule has 0 aromatic carbocycles. The minimum absolute atomic E-state index is 0.218. The maximum atomic E-state index is 13.5. The summed E-state index contributed by atoms with van der Waals surface area (Å²) in [6, 6.07) is 2.93. The summed E-state index contributed by atoms with van der Waals surface area (Å²) in [5.74, 6) is 1.82. The molecule has 1 N–H and O–H groups in total. The van der Waals surface area contributed by atoms with Gasteiger partial charge in [0.05, 0.1) is 6.10 Å². The second kappa shape index (κ2) is 4.37. The lowest BCUT2D eigenvalue weighted by Gasteiger charge is -2.24. The average Bonchev–Trinajstić information content (AvgIpc) is 2.91. The van der Waals surface area contributed by atoms with Gasteiger partial charge in [-0.3, -0.25) is 4.98 Å². The Kier molecular flexibility index (Phi) is 2.87. The molecular formula is C14H18FNO. The van der Waals surface area contributed by atoms with Gasteiger partial charge in [-0.1, -0.05) is 6.42 Å². The molecule has 0 spiro atoms. The Labute approximate surface area is 101 Å². The quantitative estimate of drug-likeness (QED) is 0.873. The fraction of sp³-hybridized carbons (Fsp3) is 0.643. The molecule has 1 heterocycles. The zero-order valence-electron chi connectivity index (χ0n) is 9.85. The molecule has 3 heteroatoms. The van der Waals surface area contributed by atoms with E-state index in [1.165, 1.54) is 31.7 Å². The number of rotatable bonds is 3. The van der Waals surface area contributed by atoms with Crippen LogP contribution in [0.15, 0.2) is 18.3 Å². The number of fused-ring (bicyclic) bond motifs is 2. The number of pyridine rings is 1. The van der Waals surface area contributed by atoms with Crippen molar-refractivity contribution in [3.63, 3.8) is 0 Å². The first-order valence-corrected chi connectivity index (χ1v) is 6.52. The van der Waals surface area contributed by atoms with Crippen LogP contribution in [0.2, 0.25) is 0 Å². The molecule has 2 nitrogen and oxygen atoms in total. The second-order valence-corrected chi connectivity index (χ2v) is 5.56. The van der Waals surface area contributed by atoms with Crippen LogP contribution in [0.4, 0.5) is 4.39 Å². The Morgan fingerprint density at radius 3 is 2.94 bits per heavy atom. The van der Waals surface area contributed by atoms with Gasteiger partial charge in [0.15, 0.2) is 0 Å². The molecule has 2 bridgehead atoms. The molecule has 0 radical (unpaired) electrons. The van der Waals surface area contributed by atoms with Gasteiger partial charge >= 0.3 is 0 Å². The molecule has 92 valence electrons. The van der Waals surface area contributed by atoms with E-state index in [1.807, 2.05) is 0 Å². The summed E-state index contributed by atoms with van der Waals surface area (Å²) in [5, 5.41) is 10.1. The molecule has 1 aromatic rings. The largest absolute Gasteiger partial charge is 0.387 e. The van der Waals surface area contributed by atoms with Crippen LogP contribution in [-0.4, -0.2) is 10.1 Å². The average molecular weight is 235 g/mol. The Bertz CT molecular complexity index is 409. The highest BCUT2D eigenvalue weighted by atomic mass is 19.1. The van der Waals surface area contributed by atoms with E-state index in [4.69, 9.17) is 0 Å². The van der Waals surface area contributed by atoms with Crippen molar-refractivity contribution in [2.75, 3.05) is 0 Å². The smallest absolute Gasteiger partial charge is 0.147 e. The predicted octanol–water partition coefficient (Wildman–Crippen LogP) is 3.08. The number of halogens is 1. The van der Waals surface area contributed by atoms with E-state index < -0.39 is 6.10 Å². The van der Waals surface area contributed by atoms with E-state index in [-0.39, 0.29) is 11.5 Å². The molecule has 2 aliphatic rings. The molecule has 0 aliphatic heterocycles. The minimum Gasteiger partial charge on any atom is -0.387 e. The van der Waals surface area contributed by atoms with Crippen molar-refractivity contribution in [3.05, 3.63) is 29.8 Å². The number of aliphatic hydroxyl groups is 1. The van der Waals surface area contributed by atoms with Gasteiger partial charge in [0, 0.05) is 6.20 Å². The van der Waals surface area contributed by atoms with Gasteiger partial charge < -0.3 is 5.11 Å². The minimum atomic E-state index is -0.736. The third kappa shape index (κ3) is 2.08. The normalized spacial score (nSPS) is 32.9. The number of hydrogen-bond acceptors (Lipinski definition) is 2. The molecule has 0 saturated heterocycles. The summed E-state index contributed by atoms with van der Waals surface area (Å²) in [6.07, 6.45) is 6.68. The van der Waals surface area contributed by atoms with Crippen molar-refractivity contribution in [3.8, 4) is 0 Å². The monoisotopic (exact) mass is 235 g/mol. The first-order chi connectivity index (χ1) is 8.24. The lowest BCUT2D eigenvalue weighted by Crippen LogP contribution is -2.15. The SMILES string of the molecule is OC(CC1CC2CCC1C2)c1ncccc1F. The highest BCUT2D eigenvalue weighted by Gasteiger charge is 2.40. The second-order valence-electron chi connectivity index (χ2n) is 5.56. The highest BCUT2D eigenvalue weighted by Crippen LogP contribution is 2.50. The summed E-state index contributed by atoms with van der Waals surface area (Å²) in [7, 11) is 0. The van der Waals surface area contributed by atoms with Crippen LogP contribution >= 0.6 is 0 Å². The summed E-state index contributed by atoms with van der Waals surface area (Å²) in [6.45, 7) is 0. The molecule has 0 amide bonds. The van der Waals surface area contributed by atoms with Gasteiger partial charge in [-0.25, -0.2) is 4.39 Å². The predicted molar refractivity (Wildman–Crippen MR) is 62.7 cm³/mol. The third-order valence-corrected chi connectivity index (χ3v) is 4.51. The van der Waals surface area contributed by atoms with Crippen LogP contribution in [0, 0.1) is 23.6 Å².